The summed E-state index contributed by atoms with van der Waals surface area (Å²) in [4.78, 5) is 0. The summed E-state index contributed by atoms with van der Waals surface area (Å²) in [5.74, 6) is 0.910. The summed E-state index contributed by atoms with van der Waals surface area (Å²) in [6.07, 6.45) is 3.74. The third-order valence-electron chi connectivity index (χ3n) is 3.14. The lowest BCUT2D eigenvalue weighted by atomic mass is 10.1. The van der Waals surface area contributed by atoms with Crippen LogP contribution in [-0.4, -0.2) is 19.3 Å². The van der Waals surface area contributed by atoms with E-state index < -0.39 is 0 Å². The highest BCUT2D eigenvalue weighted by Gasteiger charge is 2.14. The van der Waals surface area contributed by atoms with E-state index in [9.17, 15) is 0 Å². The first-order chi connectivity index (χ1) is 8.25. The second kappa shape index (κ2) is 6.03. The first kappa shape index (κ1) is 12.4. The molecule has 94 valence electrons. The molecule has 2 rings (SSSR count). The summed E-state index contributed by atoms with van der Waals surface area (Å²) in [6, 6.07) is 8.08. The van der Waals surface area contributed by atoms with E-state index in [4.69, 9.17) is 15.2 Å². The van der Waals surface area contributed by atoms with Gasteiger partial charge in [0.15, 0.2) is 0 Å². The van der Waals surface area contributed by atoms with Gasteiger partial charge >= 0.3 is 0 Å². The molecule has 0 aromatic heterocycles. The number of ether oxygens (including phenoxy) is 2. The molecular formula is C14H21NO2. The van der Waals surface area contributed by atoms with Crippen LogP contribution < -0.4 is 10.5 Å². The number of nitrogens with two attached hydrogens (primary N) is 1. The Balaban J connectivity index is 1.74. The SMILES string of the molecule is C[C@@H](N)c1ccc(OCCC2CCCO2)cc1. The van der Waals surface area contributed by atoms with E-state index in [2.05, 4.69) is 0 Å². The maximum Gasteiger partial charge on any atom is 0.119 e. The number of rotatable bonds is 5. The topological polar surface area (TPSA) is 44.5 Å². The fraction of sp³-hybridized carbons (Fsp3) is 0.571. The molecule has 1 aliphatic heterocycles. The van der Waals surface area contributed by atoms with Crippen molar-refractivity contribution in [3.63, 3.8) is 0 Å². The van der Waals surface area contributed by atoms with E-state index in [1.165, 1.54) is 12.8 Å². The van der Waals surface area contributed by atoms with Crippen LogP contribution in [0.5, 0.6) is 5.75 Å². The lowest BCUT2D eigenvalue weighted by molar-refractivity contribution is 0.0903. The third-order valence-corrected chi connectivity index (χ3v) is 3.14. The Morgan fingerprint density at radius 2 is 2.18 bits per heavy atom. The van der Waals surface area contributed by atoms with E-state index in [-0.39, 0.29) is 6.04 Å². The van der Waals surface area contributed by atoms with Gasteiger partial charge < -0.3 is 15.2 Å². The van der Waals surface area contributed by atoms with Crippen LogP contribution in [-0.2, 0) is 4.74 Å². The predicted molar refractivity (Wildman–Crippen MR) is 68.1 cm³/mol. The van der Waals surface area contributed by atoms with E-state index in [1.54, 1.807) is 0 Å². The molecule has 1 aromatic carbocycles. The molecule has 1 unspecified atom stereocenters. The highest BCUT2D eigenvalue weighted by molar-refractivity contribution is 5.28. The molecule has 0 saturated carbocycles. The summed E-state index contributed by atoms with van der Waals surface area (Å²) in [5.41, 5.74) is 6.92. The Morgan fingerprint density at radius 1 is 1.41 bits per heavy atom. The first-order valence-corrected chi connectivity index (χ1v) is 6.35. The molecule has 0 amide bonds. The average Bonchev–Trinajstić information content (AvgIpc) is 2.83. The second-order valence-electron chi connectivity index (χ2n) is 4.63. The van der Waals surface area contributed by atoms with Gasteiger partial charge in [0.1, 0.15) is 5.75 Å². The Labute approximate surface area is 103 Å². The minimum atomic E-state index is 0.0796. The molecule has 1 aromatic rings. The zero-order valence-corrected chi connectivity index (χ0v) is 10.4. The lowest BCUT2D eigenvalue weighted by Gasteiger charge is -2.11. The van der Waals surface area contributed by atoms with Crippen molar-refractivity contribution in [2.24, 2.45) is 5.73 Å². The zero-order chi connectivity index (χ0) is 12.1. The monoisotopic (exact) mass is 235 g/mol. The van der Waals surface area contributed by atoms with Crippen molar-refractivity contribution < 1.29 is 9.47 Å². The van der Waals surface area contributed by atoms with E-state index >= 15 is 0 Å². The molecule has 0 bridgehead atoms. The van der Waals surface area contributed by atoms with Crippen LogP contribution in [0, 0.1) is 0 Å². The van der Waals surface area contributed by atoms with Crippen LogP contribution in [0.3, 0.4) is 0 Å². The van der Waals surface area contributed by atoms with Gasteiger partial charge in [0.25, 0.3) is 0 Å². The number of hydrogen-bond donors (Lipinski definition) is 1. The van der Waals surface area contributed by atoms with Gasteiger partial charge in [-0.3, -0.25) is 0 Å². The van der Waals surface area contributed by atoms with E-state index in [0.29, 0.717) is 6.10 Å². The van der Waals surface area contributed by atoms with Gasteiger partial charge in [-0.1, -0.05) is 12.1 Å². The standard InChI is InChI=1S/C14H21NO2/c1-11(15)12-4-6-14(7-5-12)17-10-8-13-3-2-9-16-13/h4-7,11,13H,2-3,8-10,15H2,1H3/t11-,13?/m1/s1. The molecule has 2 N–H and O–H groups in total. The normalized spacial score (nSPS) is 21.4. The smallest absolute Gasteiger partial charge is 0.119 e. The van der Waals surface area contributed by atoms with Gasteiger partial charge in [0.05, 0.1) is 12.7 Å². The van der Waals surface area contributed by atoms with Gasteiger partial charge in [0, 0.05) is 19.1 Å². The van der Waals surface area contributed by atoms with Gasteiger partial charge in [-0.25, -0.2) is 0 Å². The highest BCUT2D eigenvalue weighted by Crippen LogP contribution is 2.18. The largest absolute Gasteiger partial charge is 0.493 e. The highest BCUT2D eigenvalue weighted by atomic mass is 16.5. The van der Waals surface area contributed by atoms with Crippen LogP contribution >= 0.6 is 0 Å². The quantitative estimate of drug-likeness (QED) is 0.853. The van der Waals surface area contributed by atoms with Crippen LogP contribution in [0.4, 0.5) is 0 Å². The number of benzene rings is 1. The summed E-state index contributed by atoms with van der Waals surface area (Å²) in [7, 11) is 0. The van der Waals surface area contributed by atoms with E-state index in [0.717, 1.165) is 30.9 Å². The van der Waals surface area contributed by atoms with E-state index in [1.807, 2.05) is 31.2 Å². The predicted octanol–water partition coefficient (Wildman–Crippen LogP) is 2.65. The summed E-state index contributed by atoms with van der Waals surface area (Å²) in [6.45, 7) is 3.61. The molecule has 0 radical (unpaired) electrons. The van der Waals surface area contributed by atoms with Crippen molar-refractivity contribution >= 4 is 0 Å². The van der Waals surface area contributed by atoms with Crippen molar-refractivity contribution in [2.75, 3.05) is 13.2 Å². The fourth-order valence-electron chi connectivity index (χ4n) is 2.05. The minimum Gasteiger partial charge on any atom is -0.493 e. The van der Waals surface area contributed by atoms with Crippen molar-refractivity contribution in [3.8, 4) is 5.75 Å². The maximum absolute atomic E-state index is 5.79. The molecule has 1 saturated heterocycles. The molecule has 0 aliphatic carbocycles. The van der Waals surface area contributed by atoms with Gasteiger partial charge in [-0.2, -0.15) is 0 Å². The minimum absolute atomic E-state index is 0.0796. The van der Waals surface area contributed by atoms with Crippen LogP contribution in [0.15, 0.2) is 24.3 Å². The Morgan fingerprint density at radius 3 is 2.76 bits per heavy atom. The van der Waals surface area contributed by atoms with Crippen molar-refractivity contribution in [2.45, 2.75) is 38.3 Å². The second-order valence-corrected chi connectivity index (χ2v) is 4.63. The molecule has 3 heteroatoms. The first-order valence-electron chi connectivity index (χ1n) is 6.35. The Hall–Kier alpha value is -1.06. The van der Waals surface area contributed by atoms with Crippen LogP contribution in [0.25, 0.3) is 0 Å². The lowest BCUT2D eigenvalue weighted by Crippen LogP contribution is -2.10. The molecular weight excluding hydrogens is 214 g/mol. The molecule has 3 nitrogen and oxygen atoms in total. The van der Waals surface area contributed by atoms with Gasteiger partial charge in [-0.15, -0.1) is 0 Å². The Kier molecular flexibility index (Phi) is 4.40. The van der Waals surface area contributed by atoms with Gasteiger partial charge in [0.2, 0.25) is 0 Å². The molecule has 1 fully saturated rings. The Bertz CT molecular complexity index is 329. The van der Waals surface area contributed by atoms with Crippen LogP contribution in [0.2, 0.25) is 0 Å². The fourth-order valence-corrected chi connectivity index (χ4v) is 2.05. The summed E-state index contributed by atoms with van der Waals surface area (Å²) >= 11 is 0. The van der Waals surface area contributed by atoms with Crippen molar-refractivity contribution in [1.82, 2.24) is 0 Å². The molecule has 2 atom stereocenters. The molecule has 1 heterocycles. The maximum atomic E-state index is 5.79. The zero-order valence-electron chi connectivity index (χ0n) is 10.4. The summed E-state index contributed by atoms with van der Waals surface area (Å²) in [5, 5.41) is 0. The van der Waals surface area contributed by atoms with Crippen molar-refractivity contribution in [3.05, 3.63) is 29.8 Å². The molecule has 1 aliphatic rings. The summed E-state index contributed by atoms with van der Waals surface area (Å²) < 4.78 is 11.2. The van der Waals surface area contributed by atoms with Gasteiger partial charge in [-0.05, 0) is 37.5 Å². The average molecular weight is 235 g/mol. The number of hydrogen-bond acceptors (Lipinski definition) is 3. The van der Waals surface area contributed by atoms with Crippen LogP contribution in [0.1, 0.15) is 37.8 Å². The molecule has 17 heavy (non-hydrogen) atoms. The molecule has 0 spiro atoms. The van der Waals surface area contributed by atoms with Crippen molar-refractivity contribution in [1.29, 1.82) is 0 Å². The third kappa shape index (κ3) is 3.72.